The SMILES string of the molecule is Cn1nc(-c2ccc(OCc3ccc(Cl)cc3)c(-c3ccc(C(F)(F)F)c(Cl)c3)c2O)cc1C(F)(F)F. The Kier molecular flexibility index (Phi) is 7.09. The third-order valence-electron chi connectivity index (χ3n) is 5.46. The van der Waals surface area contributed by atoms with Gasteiger partial charge in [0.1, 0.15) is 23.8 Å². The first kappa shape index (κ1) is 26.7. The van der Waals surface area contributed by atoms with Crippen LogP contribution in [0.5, 0.6) is 11.5 Å². The van der Waals surface area contributed by atoms with Crippen molar-refractivity contribution in [2.45, 2.75) is 19.0 Å². The number of hydrogen-bond donors (Lipinski definition) is 1. The van der Waals surface area contributed by atoms with E-state index in [1.807, 2.05) is 0 Å². The van der Waals surface area contributed by atoms with E-state index >= 15 is 0 Å². The summed E-state index contributed by atoms with van der Waals surface area (Å²) in [7, 11) is 1.10. The molecule has 0 spiro atoms. The molecule has 3 aromatic carbocycles. The summed E-state index contributed by atoms with van der Waals surface area (Å²) in [6.07, 6.45) is -9.41. The van der Waals surface area contributed by atoms with Gasteiger partial charge in [0.05, 0.1) is 21.8 Å². The van der Waals surface area contributed by atoms with E-state index < -0.39 is 34.4 Å². The molecule has 0 saturated heterocycles. The average molecular weight is 561 g/mol. The Balaban J connectivity index is 1.84. The zero-order valence-electron chi connectivity index (χ0n) is 18.8. The molecule has 194 valence electrons. The molecule has 0 bridgehead atoms. The predicted octanol–water partition coefficient (Wildman–Crippen LogP) is 8.38. The largest absolute Gasteiger partial charge is 0.506 e. The van der Waals surface area contributed by atoms with E-state index in [-0.39, 0.29) is 34.7 Å². The molecule has 4 nitrogen and oxygen atoms in total. The van der Waals surface area contributed by atoms with Crippen LogP contribution in [0.1, 0.15) is 16.8 Å². The topological polar surface area (TPSA) is 47.3 Å². The Bertz CT molecular complexity index is 1450. The molecule has 0 unspecified atom stereocenters. The first-order chi connectivity index (χ1) is 17.3. The fourth-order valence-electron chi connectivity index (χ4n) is 3.69. The molecule has 0 saturated carbocycles. The maximum absolute atomic E-state index is 13.3. The normalized spacial score (nSPS) is 12.1. The smallest absolute Gasteiger partial charge is 0.433 e. The van der Waals surface area contributed by atoms with Gasteiger partial charge in [-0.25, -0.2) is 0 Å². The van der Waals surface area contributed by atoms with Crippen LogP contribution in [0.4, 0.5) is 26.3 Å². The summed E-state index contributed by atoms with van der Waals surface area (Å²) in [5.41, 5.74) is -1.74. The van der Waals surface area contributed by atoms with Gasteiger partial charge in [0.2, 0.25) is 0 Å². The van der Waals surface area contributed by atoms with Crippen molar-refractivity contribution in [1.82, 2.24) is 9.78 Å². The predicted molar refractivity (Wildman–Crippen MR) is 127 cm³/mol. The molecule has 0 aliphatic heterocycles. The summed E-state index contributed by atoms with van der Waals surface area (Å²) in [5.74, 6) is -0.491. The summed E-state index contributed by atoms with van der Waals surface area (Å²) in [4.78, 5) is 0. The molecule has 0 aliphatic carbocycles. The maximum Gasteiger partial charge on any atom is 0.433 e. The van der Waals surface area contributed by atoms with Crippen LogP contribution in [-0.4, -0.2) is 14.9 Å². The van der Waals surface area contributed by atoms with Crippen molar-refractivity contribution < 1.29 is 36.2 Å². The second-order valence-corrected chi connectivity index (χ2v) is 8.82. The highest BCUT2D eigenvalue weighted by molar-refractivity contribution is 6.31. The minimum absolute atomic E-state index is 0.000862. The van der Waals surface area contributed by atoms with Gasteiger partial charge in [-0.3, -0.25) is 4.68 Å². The molecule has 37 heavy (non-hydrogen) atoms. The molecule has 0 radical (unpaired) electrons. The summed E-state index contributed by atoms with van der Waals surface area (Å²) in [6.45, 7) is -0.000862. The van der Waals surface area contributed by atoms with E-state index in [4.69, 9.17) is 27.9 Å². The standard InChI is InChI=1S/C25H16Cl2F6N2O2/c1-35-21(25(31,32)33)11-19(34-35)16-7-9-20(37-12-13-2-5-15(26)6-3-13)22(23(16)36)14-4-8-17(18(27)10-14)24(28,29)30/h2-11,36H,12H2,1H3. The van der Waals surface area contributed by atoms with Gasteiger partial charge in [0.25, 0.3) is 0 Å². The Morgan fingerprint density at radius 1 is 0.892 bits per heavy atom. The number of rotatable bonds is 5. The monoisotopic (exact) mass is 560 g/mol. The quantitative estimate of drug-likeness (QED) is 0.249. The van der Waals surface area contributed by atoms with Crippen LogP contribution in [0.2, 0.25) is 10.0 Å². The number of aromatic nitrogens is 2. The number of alkyl halides is 6. The molecule has 4 rings (SSSR count). The summed E-state index contributed by atoms with van der Waals surface area (Å²) < 4.78 is 86.0. The number of aromatic hydroxyl groups is 1. The van der Waals surface area contributed by atoms with Crippen molar-refractivity contribution in [2.75, 3.05) is 0 Å². The molecule has 0 aliphatic rings. The van der Waals surface area contributed by atoms with Crippen molar-refractivity contribution >= 4 is 23.2 Å². The van der Waals surface area contributed by atoms with E-state index in [1.54, 1.807) is 24.3 Å². The molecule has 4 aromatic rings. The maximum atomic E-state index is 13.3. The number of phenolic OH excluding ortho intramolecular Hbond substituents is 1. The van der Waals surface area contributed by atoms with Gasteiger partial charge in [-0.05, 0) is 53.6 Å². The molecule has 0 atom stereocenters. The van der Waals surface area contributed by atoms with E-state index in [0.717, 1.165) is 31.3 Å². The number of benzene rings is 3. The molecular weight excluding hydrogens is 545 g/mol. The molecule has 1 aromatic heterocycles. The summed E-state index contributed by atoms with van der Waals surface area (Å²) >= 11 is 11.8. The minimum atomic E-state index is -4.71. The first-order valence-corrected chi connectivity index (χ1v) is 11.2. The summed E-state index contributed by atoms with van der Waals surface area (Å²) in [6, 6.07) is 12.9. The Morgan fingerprint density at radius 2 is 1.57 bits per heavy atom. The highest BCUT2D eigenvalue weighted by Crippen LogP contribution is 2.46. The van der Waals surface area contributed by atoms with Crippen molar-refractivity contribution in [3.05, 3.63) is 87.5 Å². The van der Waals surface area contributed by atoms with Gasteiger partial charge in [0.15, 0.2) is 0 Å². The van der Waals surface area contributed by atoms with Crippen LogP contribution >= 0.6 is 23.2 Å². The van der Waals surface area contributed by atoms with Gasteiger partial charge < -0.3 is 9.84 Å². The number of phenols is 1. The fraction of sp³-hybridized carbons (Fsp3) is 0.160. The van der Waals surface area contributed by atoms with E-state index in [0.29, 0.717) is 15.3 Å². The van der Waals surface area contributed by atoms with Gasteiger partial charge in [-0.2, -0.15) is 31.4 Å². The van der Waals surface area contributed by atoms with Crippen LogP contribution in [0.3, 0.4) is 0 Å². The molecule has 0 amide bonds. The van der Waals surface area contributed by atoms with E-state index in [2.05, 4.69) is 5.10 Å². The zero-order valence-corrected chi connectivity index (χ0v) is 20.3. The zero-order chi connectivity index (χ0) is 27.1. The van der Waals surface area contributed by atoms with Gasteiger partial charge in [-0.15, -0.1) is 0 Å². The van der Waals surface area contributed by atoms with Crippen LogP contribution in [0, 0.1) is 0 Å². The lowest BCUT2D eigenvalue weighted by molar-refractivity contribution is -0.143. The van der Waals surface area contributed by atoms with E-state index in [9.17, 15) is 31.4 Å². The number of aryl methyl sites for hydroxylation is 1. The van der Waals surface area contributed by atoms with Crippen LogP contribution in [0.15, 0.2) is 60.7 Å². The van der Waals surface area contributed by atoms with Crippen molar-refractivity contribution in [2.24, 2.45) is 7.05 Å². The number of nitrogens with zero attached hydrogens (tertiary/aromatic N) is 2. The molecular formula is C25H16Cl2F6N2O2. The highest BCUT2D eigenvalue weighted by Gasteiger charge is 2.36. The summed E-state index contributed by atoms with van der Waals surface area (Å²) in [5, 5.41) is 14.9. The lowest BCUT2D eigenvalue weighted by Gasteiger charge is -2.17. The lowest BCUT2D eigenvalue weighted by Crippen LogP contribution is -2.11. The average Bonchev–Trinajstić information content (AvgIpc) is 3.19. The number of halogens is 8. The van der Waals surface area contributed by atoms with Gasteiger partial charge in [0, 0.05) is 17.6 Å². The van der Waals surface area contributed by atoms with E-state index in [1.165, 1.54) is 12.1 Å². The number of hydrogen-bond acceptors (Lipinski definition) is 3. The molecule has 1 heterocycles. The van der Waals surface area contributed by atoms with Crippen LogP contribution < -0.4 is 4.74 Å². The second-order valence-electron chi connectivity index (χ2n) is 7.98. The fourth-order valence-corrected chi connectivity index (χ4v) is 4.10. The lowest BCUT2D eigenvalue weighted by atomic mass is 9.97. The first-order valence-electron chi connectivity index (χ1n) is 10.5. The Hall–Kier alpha value is -3.37. The Morgan fingerprint density at radius 3 is 2.14 bits per heavy atom. The third-order valence-corrected chi connectivity index (χ3v) is 6.02. The Labute approximate surface area is 216 Å². The van der Waals surface area contributed by atoms with Crippen LogP contribution in [-0.2, 0) is 26.0 Å². The number of ether oxygens (including phenoxy) is 1. The minimum Gasteiger partial charge on any atom is -0.506 e. The van der Waals surface area contributed by atoms with Crippen molar-refractivity contribution in [3.8, 4) is 33.9 Å². The van der Waals surface area contributed by atoms with Crippen LogP contribution in [0.25, 0.3) is 22.4 Å². The molecule has 12 heteroatoms. The molecule has 0 fully saturated rings. The van der Waals surface area contributed by atoms with Gasteiger partial charge >= 0.3 is 12.4 Å². The van der Waals surface area contributed by atoms with Crippen molar-refractivity contribution in [1.29, 1.82) is 0 Å². The van der Waals surface area contributed by atoms with Gasteiger partial charge in [-0.1, -0.05) is 41.4 Å². The molecule has 1 N–H and O–H groups in total. The third kappa shape index (κ3) is 5.65. The van der Waals surface area contributed by atoms with Crippen molar-refractivity contribution in [3.63, 3.8) is 0 Å². The second kappa shape index (κ2) is 9.83. The highest BCUT2D eigenvalue weighted by atomic mass is 35.5.